The number of carbonyl (C=O) groups excluding carboxylic acids is 1. The Morgan fingerprint density at radius 3 is 2.48 bits per heavy atom. The van der Waals surface area contributed by atoms with Gasteiger partial charge in [0.25, 0.3) is 0 Å². The molecular weight excluding hydrogens is 289 g/mol. The third kappa shape index (κ3) is 1.65. The zero-order chi connectivity index (χ0) is 16.4. The van der Waals surface area contributed by atoms with Gasteiger partial charge in [-0.25, -0.2) is 4.39 Å². The highest BCUT2D eigenvalue weighted by molar-refractivity contribution is 6.10. The average molecular weight is 309 g/mol. The Bertz CT molecular complexity index is 811. The van der Waals surface area contributed by atoms with Crippen LogP contribution in [0.5, 0.6) is 0 Å². The van der Waals surface area contributed by atoms with Gasteiger partial charge < -0.3 is 5.32 Å². The molecule has 1 amide bonds. The first-order chi connectivity index (χ1) is 10.9. The number of hydrogen-bond donors (Lipinski definition) is 1. The van der Waals surface area contributed by atoms with Crippen molar-refractivity contribution >= 4 is 11.6 Å². The lowest BCUT2D eigenvalue weighted by Crippen LogP contribution is -2.33. The molecule has 2 aromatic carbocycles. The van der Waals surface area contributed by atoms with Crippen LogP contribution in [0.4, 0.5) is 10.1 Å². The van der Waals surface area contributed by atoms with Crippen LogP contribution in [-0.4, -0.2) is 5.91 Å². The fraction of sp³-hybridized carbons (Fsp3) is 0.350. The van der Waals surface area contributed by atoms with Gasteiger partial charge in [0, 0.05) is 11.1 Å². The molecule has 23 heavy (non-hydrogen) atoms. The van der Waals surface area contributed by atoms with Crippen LogP contribution in [0, 0.1) is 18.7 Å². The van der Waals surface area contributed by atoms with Crippen LogP contribution < -0.4 is 5.32 Å². The van der Waals surface area contributed by atoms with E-state index in [0.29, 0.717) is 0 Å². The molecule has 1 N–H and O–H groups in total. The highest BCUT2D eigenvalue weighted by Crippen LogP contribution is 2.72. The summed E-state index contributed by atoms with van der Waals surface area (Å²) in [6, 6.07) is 13.0. The van der Waals surface area contributed by atoms with E-state index in [1.807, 2.05) is 0 Å². The number of rotatable bonds is 2. The molecule has 1 aliphatic carbocycles. The van der Waals surface area contributed by atoms with E-state index in [-0.39, 0.29) is 23.1 Å². The van der Waals surface area contributed by atoms with Gasteiger partial charge in [-0.15, -0.1) is 0 Å². The monoisotopic (exact) mass is 309 g/mol. The van der Waals surface area contributed by atoms with E-state index in [1.165, 1.54) is 23.3 Å². The van der Waals surface area contributed by atoms with Crippen LogP contribution in [0.15, 0.2) is 42.5 Å². The van der Waals surface area contributed by atoms with Crippen LogP contribution in [0.25, 0.3) is 0 Å². The molecule has 0 unspecified atom stereocenters. The van der Waals surface area contributed by atoms with Crippen LogP contribution in [0.1, 0.15) is 37.0 Å². The molecule has 4 rings (SSSR count). The summed E-state index contributed by atoms with van der Waals surface area (Å²) >= 11 is 0. The lowest BCUT2D eigenvalue weighted by molar-refractivity contribution is -0.118. The zero-order valence-corrected chi connectivity index (χ0v) is 13.6. The molecule has 1 heterocycles. The number of aryl methyl sites for hydroxylation is 1. The summed E-state index contributed by atoms with van der Waals surface area (Å²) in [5.41, 5.74) is 3.05. The lowest BCUT2D eigenvalue weighted by Gasteiger charge is -2.26. The largest absolute Gasteiger partial charge is 0.325 e. The summed E-state index contributed by atoms with van der Waals surface area (Å²) in [6.07, 6.45) is 0.739. The van der Waals surface area contributed by atoms with Gasteiger partial charge in [0.15, 0.2) is 0 Å². The molecular formula is C20H20FNO. The first kappa shape index (κ1) is 14.4. The van der Waals surface area contributed by atoms with Gasteiger partial charge in [0.05, 0.1) is 5.41 Å². The first-order valence-corrected chi connectivity index (χ1v) is 8.10. The number of carbonyl (C=O) groups is 1. The van der Waals surface area contributed by atoms with E-state index in [0.717, 1.165) is 17.7 Å². The summed E-state index contributed by atoms with van der Waals surface area (Å²) in [5.74, 6) is 0.00522. The van der Waals surface area contributed by atoms with Crippen molar-refractivity contribution in [1.82, 2.24) is 0 Å². The molecule has 2 atom stereocenters. The highest BCUT2D eigenvalue weighted by atomic mass is 19.1. The standard InChI is InChI=1S/C20H20FNO/c1-12(2)19(14-6-4-13(3)5-7-14)11-20(19)16-10-15(21)8-9-17(16)22-18(20)23/h4-10,12H,11H2,1-3H3,(H,22,23)/t19-,20-/m0/s1. The number of anilines is 1. The minimum atomic E-state index is -0.631. The number of halogens is 1. The molecule has 2 nitrogen and oxygen atoms in total. The smallest absolute Gasteiger partial charge is 0.236 e. The van der Waals surface area contributed by atoms with Gasteiger partial charge in [-0.3, -0.25) is 4.79 Å². The Morgan fingerprint density at radius 1 is 1.13 bits per heavy atom. The Balaban J connectivity index is 1.92. The maximum absolute atomic E-state index is 13.8. The molecule has 1 spiro atoms. The Labute approximate surface area is 135 Å². The van der Waals surface area contributed by atoms with Crippen LogP contribution in [0.3, 0.4) is 0 Å². The lowest BCUT2D eigenvalue weighted by atomic mass is 9.75. The number of fused-ring (bicyclic) bond motifs is 2. The number of benzene rings is 2. The Kier molecular flexibility index (Phi) is 2.78. The third-order valence-corrected chi connectivity index (χ3v) is 5.81. The highest BCUT2D eigenvalue weighted by Gasteiger charge is 2.76. The predicted octanol–water partition coefficient (Wildman–Crippen LogP) is 4.32. The van der Waals surface area contributed by atoms with Gasteiger partial charge in [0.1, 0.15) is 5.82 Å². The number of hydrogen-bond acceptors (Lipinski definition) is 1. The summed E-state index contributed by atoms with van der Waals surface area (Å²) in [7, 11) is 0. The third-order valence-electron chi connectivity index (χ3n) is 5.81. The Morgan fingerprint density at radius 2 is 1.83 bits per heavy atom. The summed E-state index contributed by atoms with van der Waals surface area (Å²) in [4.78, 5) is 12.9. The molecule has 1 fully saturated rings. The number of amides is 1. The minimum absolute atomic E-state index is 0.00683. The fourth-order valence-electron chi connectivity index (χ4n) is 4.55. The average Bonchev–Trinajstić information content (AvgIpc) is 3.15. The van der Waals surface area contributed by atoms with Crippen molar-refractivity contribution in [2.75, 3.05) is 5.32 Å². The second kappa shape index (κ2) is 4.44. The van der Waals surface area contributed by atoms with E-state index in [2.05, 4.69) is 50.4 Å². The normalized spacial score (nSPS) is 28.1. The SMILES string of the molecule is Cc1ccc([C@@]2(C(C)C)C[C@]23C(=O)Nc2ccc(F)cc23)cc1. The molecule has 3 heteroatoms. The fourth-order valence-corrected chi connectivity index (χ4v) is 4.55. The molecule has 1 saturated carbocycles. The van der Waals surface area contributed by atoms with E-state index in [9.17, 15) is 9.18 Å². The van der Waals surface area contributed by atoms with Crippen molar-refractivity contribution < 1.29 is 9.18 Å². The van der Waals surface area contributed by atoms with Crippen molar-refractivity contribution in [2.45, 2.75) is 38.0 Å². The molecule has 2 aliphatic rings. The van der Waals surface area contributed by atoms with Gasteiger partial charge in [0.2, 0.25) is 5.91 Å². The zero-order valence-electron chi connectivity index (χ0n) is 13.6. The molecule has 0 saturated heterocycles. The predicted molar refractivity (Wildman–Crippen MR) is 89.0 cm³/mol. The van der Waals surface area contributed by atoms with Crippen molar-refractivity contribution in [3.05, 3.63) is 65.0 Å². The molecule has 118 valence electrons. The van der Waals surface area contributed by atoms with Gasteiger partial charge in [-0.2, -0.15) is 0 Å². The maximum Gasteiger partial charge on any atom is 0.236 e. The quantitative estimate of drug-likeness (QED) is 0.879. The van der Waals surface area contributed by atoms with Crippen LogP contribution in [-0.2, 0) is 15.6 Å². The van der Waals surface area contributed by atoms with E-state index in [1.54, 1.807) is 6.07 Å². The van der Waals surface area contributed by atoms with Gasteiger partial charge in [-0.1, -0.05) is 43.7 Å². The van der Waals surface area contributed by atoms with Gasteiger partial charge >= 0.3 is 0 Å². The van der Waals surface area contributed by atoms with Crippen molar-refractivity contribution in [3.63, 3.8) is 0 Å². The second-order valence-corrected chi connectivity index (χ2v) is 7.22. The van der Waals surface area contributed by atoms with E-state index < -0.39 is 5.41 Å². The topological polar surface area (TPSA) is 29.1 Å². The van der Waals surface area contributed by atoms with Crippen LogP contribution in [0.2, 0.25) is 0 Å². The van der Waals surface area contributed by atoms with Gasteiger partial charge in [-0.05, 0) is 48.6 Å². The van der Waals surface area contributed by atoms with E-state index >= 15 is 0 Å². The minimum Gasteiger partial charge on any atom is -0.325 e. The maximum atomic E-state index is 13.8. The first-order valence-electron chi connectivity index (χ1n) is 8.10. The van der Waals surface area contributed by atoms with Crippen molar-refractivity contribution in [1.29, 1.82) is 0 Å². The number of nitrogens with one attached hydrogen (secondary N) is 1. The van der Waals surface area contributed by atoms with E-state index in [4.69, 9.17) is 0 Å². The summed E-state index contributed by atoms with van der Waals surface area (Å²) < 4.78 is 13.8. The molecule has 0 aromatic heterocycles. The van der Waals surface area contributed by atoms with Crippen molar-refractivity contribution in [3.8, 4) is 0 Å². The second-order valence-electron chi connectivity index (χ2n) is 7.22. The molecule has 1 aliphatic heterocycles. The van der Waals surface area contributed by atoms with Crippen molar-refractivity contribution in [2.24, 2.45) is 5.92 Å². The van der Waals surface area contributed by atoms with Crippen LogP contribution >= 0.6 is 0 Å². The summed E-state index contributed by atoms with van der Waals surface area (Å²) in [6.45, 7) is 6.36. The molecule has 0 radical (unpaired) electrons. The summed E-state index contributed by atoms with van der Waals surface area (Å²) in [5, 5.41) is 2.96. The Hall–Kier alpha value is -2.16. The molecule has 2 aromatic rings. The molecule has 0 bridgehead atoms.